The van der Waals surface area contributed by atoms with E-state index in [0.717, 1.165) is 5.56 Å². The molecule has 1 rings (SSSR count). The smallest absolute Gasteiger partial charge is 0.292 e. The Kier molecular flexibility index (Phi) is 4.29. The van der Waals surface area contributed by atoms with E-state index in [1.54, 1.807) is 26.0 Å². The first-order valence-corrected chi connectivity index (χ1v) is 5.97. The molecule has 0 aromatic heterocycles. The van der Waals surface area contributed by atoms with E-state index in [1.807, 2.05) is 24.8 Å². The molecule has 0 fully saturated rings. The molecule has 0 spiro atoms. The summed E-state index contributed by atoms with van der Waals surface area (Å²) in [5, 5.41) is 20.9. The Balaban J connectivity index is 3.17. The van der Waals surface area contributed by atoms with Crippen molar-refractivity contribution in [1.82, 2.24) is 0 Å². The molecule has 100 valence electrons. The van der Waals surface area contributed by atoms with Gasteiger partial charge in [0.25, 0.3) is 5.69 Å². The summed E-state index contributed by atoms with van der Waals surface area (Å²) >= 11 is 0. The van der Waals surface area contributed by atoms with Crippen LogP contribution >= 0.6 is 0 Å². The van der Waals surface area contributed by atoms with Gasteiger partial charge in [0.15, 0.2) is 0 Å². The minimum absolute atomic E-state index is 0.0844. The predicted octanol–water partition coefficient (Wildman–Crippen LogP) is 2.50. The number of nitro benzene ring substituents is 1. The van der Waals surface area contributed by atoms with Crippen molar-refractivity contribution in [1.29, 1.82) is 0 Å². The Bertz CT molecular complexity index is 438. The predicted molar refractivity (Wildman–Crippen MR) is 72.0 cm³/mol. The van der Waals surface area contributed by atoms with Crippen LogP contribution in [-0.4, -0.2) is 28.7 Å². The number of aryl methyl sites for hydroxylation is 1. The average molecular weight is 252 g/mol. The molecule has 18 heavy (non-hydrogen) atoms. The van der Waals surface area contributed by atoms with Crippen molar-refractivity contribution < 1.29 is 10.0 Å². The van der Waals surface area contributed by atoms with Crippen LogP contribution in [0.15, 0.2) is 18.2 Å². The van der Waals surface area contributed by atoms with Crippen LogP contribution < -0.4 is 4.90 Å². The second-order valence-corrected chi connectivity index (χ2v) is 5.08. The molecule has 0 aliphatic rings. The van der Waals surface area contributed by atoms with Gasteiger partial charge in [-0.2, -0.15) is 0 Å². The number of likely N-dealkylation sites (N-methyl/N-ethyl adjacent to an activating group) is 1. The standard InChI is InChI=1S/C13H20N2O3/c1-5-14(9-13(3,4)16)11-7-6-10(2)8-12(11)15(17)18/h6-8,16H,5,9H2,1-4H3. The quantitative estimate of drug-likeness (QED) is 0.646. The van der Waals surface area contributed by atoms with Gasteiger partial charge in [0, 0.05) is 19.2 Å². The number of hydrogen-bond donors (Lipinski definition) is 1. The van der Waals surface area contributed by atoms with Crippen LogP contribution in [0.2, 0.25) is 0 Å². The van der Waals surface area contributed by atoms with Gasteiger partial charge < -0.3 is 10.0 Å². The molecule has 1 aromatic carbocycles. The van der Waals surface area contributed by atoms with Crippen LogP contribution in [-0.2, 0) is 0 Å². The molecule has 1 N–H and O–H groups in total. The molecule has 0 atom stereocenters. The van der Waals surface area contributed by atoms with Crippen LogP contribution in [0.1, 0.15) is 26.3 Å². The molecule has 0 radical (unpaired) electrons. The van der Waals surface area contributed by atoms with Crippen LogP contribution in [0, 0.1) is 17.0 Å². The highest BCUT2D eigenvalue weighted by molar-refractivity contribution is 5.64. The van der Waals surface area contributed by atoms with Gasteiger partial charge in [-0.05, 0) is 39.3 Å². The Morgan fingerprint density at radius 2 is 2.06 bits per heavy atom. The SMILES string of the molecule is CCN(CC(C)(C)O)c1ccc(C)cc1[N+](=O)[O-]. The molecular weight excluding hydrogens is 232 g/mol. The van der Waals surface area contributed by atoms with E-state index in [1.165, 1.54) is 0 Å². The molecule has 0 heterocycles. The molecule has 5 nitrogen and oxygen atoms in total. The summed E-state index contributed by atoms with van der Waals surface area (Å²) in [4.78, 5) is 12.5. The average Bonchev–Trinajstić information content (AvgIpc) is 2.24. The van der Waals surface area contributed by atoms with E-state index in [9.17, 15) is 15.2 Å². The van der Waals surface area contributed by atoms with Gasteiger partial charge in [0.05, 0.1) is 10.5 Å². The van der Waals surface area contributed by atoms with Gasteiger partial charge in [-0.1, -0.05) is 6.07 Å². The van der Waals surface area contributed by atoms with E-state index in [4.69, 9.17) is 0 Å². The van der Waals surface area contributed by atoms with Crippen molar-refractivity contribution in [3.05, 3.63) is 33.9 Å². The van der Waals surface area contributed by atoms with Crippen molar-refractivity contribution in [3.63, 3.8) is 0 Å². The van der Waals surface area contributed by atoms with Gasteiger partial charge in [-0.3, -0.25) is 10.1 Å². The lowest BCUT2D eigenvalue weighted by molar-refractivity contribution is -0.384. The number of anilines is 1. The summed E-state index contributed by atoms with van der Waals surface area (Å²) in [6.45, 7) is 8.07. The third kappa shape index (κ3) is 3.70. The van der Waals surface area contributed by atoms with Crippen LogP contribution in [0.25, 0.3) is 0 Å². The van der Waals surface area contributed by atoms with Crippen LogP contribution in [0.5, 0.6) is 0 Å². The second-order valence-electron chi connectivity index (χ2n) is 5.08. The van der Waals surface area contributed by atoms with E-state index in [-0.39, 0.29) is 10.6 Å². The maximum atomic E-state index is 11.1. The first-order chi connectivity index (χ1) is 8.24. The summed E-state index contributed by atoms with van der Waals surface area (Å²) in [6, 6.07) is 5.14. The Labute approximate surface area is 107 Å². The monoisotopic (exact) mass is 252 g/mol. The van der Waals surface area contributed by atoms with Crippen LogP contribution in [0.3, 0.4) is 0 Å². The Morgan fingerprint density at radius 1 is 1.44 bits per heavy atom. The fourth-order valence-electron chi connectivity index (χ4n) is 1.88. The number of aliphatic hydroxyl groups is 1. The zero-order valence-electron chi connectivity index (χ0n) is 11.3. The Hall–Kier alpha value is -1.62. The topological polar surface area (TPSA) is 66.6 Å². The largest absolute Gasteiger partial charge is 0.389 e. The molecule has 0 unspecified atom stereocenters. The van der Waals surface area contributed by atoms with Crippen molar-refractivity contribution in [3.8, 4) is 0 Å². The first-order valence-electron chi connectivity index (χ1n) is 5.97. The molecule has 0 aliphatic carbocycles. The zero-order valence-corrected chi connectivity index (χ0v) is 11.3. The van der Waals surface area contributed by atoms with Gasteiger partial charge in [-0.25, -0.2) is 0 Å². The highest BCUT2D eigenvalue weighted by Gasteiger charge is 2.23. The molecule has 1 aromatic rings. The molecule has 0 bridgehead atoms. The number of hydrogen-bond acceptors (Lipinski definition) is 4. The molecule has 0 aliphatic heterocycles. The summed E-state index contributed by atoms with van der Waals surface area (Å²) in [5.41, 5.74) is 0.593. The maximum Gasteiger partial charge on any atom is 0.292 e. The summed E-state index contributed by atoms with van der Waals surface area (Å²) in [7, 11) is 0. The lowest BCUT2D eigenvalue weighted by Gasteiger charge is -2.29. The zero-order chi connectivity index (χ0) is 13.9. The van der Waals surface area contributed by atoms with Crippen molar-refractivity contribution in [2.45, 2.75) is 33.3 Å². The lowest BCUT2D eigenvalue weighted by Crippen LogP contribution is -2.38. The van der Waals surface area contributed by atoms with Gasteiger partial charge in [0.2, 0.25) is 0 Å². The number of nitro groups is 1. The first kappa shape index (κ1) is 14.4. The third-order valence-corrected chi connectivity index (χ3v) is 2.63. The minimum Gasteiger partial charge on any atom is -0.389 e. The lowest BCUT2D eigenvalue weighted by atomic mass is 10.1. The van der Waals surface area contributed by atoms with E-state index in [0.29, 0.717) is 18.8 Å². The molecule has 0 saturated heterocycles. The van der Waals surface area contributed by atoms with Gasteiger partial charge in [0.1, 0.15) is 5.69 Å². The van der Waals surface area contributed by atoms with Gasteiger partial charge >= 0.3 is 0 Å². The van der Waals surface area contributed by atoms with E-state index in [2.05, 4.69) is 0 Å². The van der Waals surface area contributed by atoms with E-state index >= 15 is 0 Å². The normalized spacial score (nSPS) is 11.4. The molecule has 0 saturated carbocycles. The molecule has 0 amide bonds. The maximum absolute atomic E-state index is 11.1. The summed E-state index contributed by atoms with van der Waals surface area (Å²) in [5.74, 6) is 0. The van der Waals surface area contributed by atoms with Crippen molar-refractivity contribution in [2.75, 3.05) is 18.0 Å². The van der Waals surface area contributed by atoms with E-state index < -0.39 is 5.60 Å². The number of benzene rings is 1. The fourth-order valence-corrected chi connectivity index (χ4v) is 1.88. The highest BCUT2D eigenvalue weighted by Crippen LogP contribution is 2.29. The summed E-state index contributed by atoms with van der Waals surface area (Å²) in [6.07, 6.45) is 0. The highest BCUT2D eigenvalue weighted by atomic mass is 16.6. The van der Waals surface area contributed by atoms with Gasteiger partial charge in [-0.15, -0.1) is 0 Å². The molecular formula is C13H20N2O3. The van der Waals surface area contributed by atoms with Crippen molar-refractivity contribution >= 4 is 11.4 Å². The Morgan fingerprint density at radius 3 is 2.50 bits per heavy atom. The minimum atomic E-state index is -0.894. The molecule has 5 heteroatoms. The third-order valence-electron chi connectivity index (χ3n) is 2.63. The number of nitrogens with zero attached hydrogens (tertiary/aromatic N) is 2. The fraction of sp³-hybridized carbons (Fsp3) is 0.538. The van der Waals surface area contributed by atoms with Crippen LogP contribution in [0.4, 0.5) is 11.4 Å². The number of rotatable bonds is 5. The summed E-state index contributed by atoms with van der Waals surface area (Å²) < 4.78 is 0. The van der Waals surface area contributed by atoms with Crippen molar-refractivity contribution in [2.24, 2.45) is 0 Å². The second kappa shape index (κ2) is 5.35.